The van der Waals surface area contributed by atoms with Gasteiger partial charge in [-0.1, -0.05) is 57.5 Å². The molecule has 5 nitrogen and oxygen atoms in total. The lowest BCUT2D eigenvalue weighted by Gasteiger charge is -2.06. The summed E-state index contributed by atoms with van der Waals surface area (Å²) in [4.78, 5) is 8.97. The van der Waals surface area contributed by atoms with Crippen molar-refractivity contribution in [3.8, 4) is 22.5 Å². The molecule has 0 bridgehead atoms. The molecule has 3 aromatic heterocycles. The van der Waals surface area contributed by atoms with Crippen LogP contribution in [0.5, 0.6) is 0 Å². The first-order valence-corrected chi connectivity index (χ1v) is 10.4. The highest BCUT2D eigenvalue weighted by Crippen LogP contribution is 2.34. The van der Waals surface area contributed by atoms with Gasteiger partial charge < -0.3 is 5.32 Å². The maximum Gasteiger partial charge on any atom is 0.223 e. The summed E-state index contributed by atoms with van der Waals surface area (Å²) in [6.07, 6.45) is 3.75. The second kappa shape index (κ2) is 11.0. The zero-order valence-electron chi connectivity index (χ0n) is 18.3. The molecule has 0 amide bonds. The third-order valence-corrected chi connectivity index (χ3v) is 4.08. The van der Waals surface area contributed by atoms with Crippen molar-refractivity contribution in [1.82, 2.24) is 19.6 Å². The van der Waals surface area contributed by atoms with Gasteiger partial charge in [0.25, 0.3) is 0 Å². The molecular weight excluding hydrogens is 358 g/mol. The van der Waals surface area contributed by atoms with Gasteiger partial charge in [-0.25, -0.2) is 14.5 Å². The van der Waals surface area contributed by atoms with E-state index in [0.717, 1.165) is 34.6 Å². The molecule has 1 aromatic carbocycles. The number of rotatable bonds is 4. The molecule has 0 spiro atoms. The van der Waals surface area contributed by atoms with Gasteiger partial charge in [0.15, 0.2) is 0 Å². The number of hydrogen-bond acceptors (Lipinski definition) is 4. The van der Waals surface area contributed by atoms with Gasteiger partial charge in [0.2, 0.25) is 5.95 Å². The van der Waals surface area contributed by atoms with E-state index in [1.54, 1.807) is 6.20 Å². The van der Waals surface area contributed by atoms with Crippen LogP contribution in [0.15, 0.2) is 60.9 Å². The first-order chi connectivity index (χ1) is 14.3. The van der Waals surface area contributed by atoms with Crippen LogP contribution >= 0.6 is 0 Å². The van der Waals surface area contributed by atoms with E-state index in [4.69, 9.17) is 5.10 Å². The van der Waals surface area contributed by atoms with Crippen molar-refractivity contribution in [3.05, 3.63) is 66.5 Å². The van der Waals surface area contributed by atoms with Gasteiger partial charge in [-0.2, -0.15) is 5.10 Å². The van der Waals surface area contributed by atoms with Gasteiger partial charge in [-0.3, -0.25) is 0 Å². The molecule has 152 valence electrons. The number of fused-ring (bicyclic) bond motifs is 1. The Balaban J connectivity index is 0.000000707. The first kappa shape index (κ1) is 22.1. The van der Waals surface area contributed by atoms with Crippen LogP contribution in [0.3, 0.4) is 0 Å². The van der Waals surface area contributed by atoms with Crippen LogP contribution in [-0.2, 0) is 0 Å². The van der Waals surface area contributed by atoms with Crippen LogP contribution in [-0.4, -0.2) is 26.1 Å². The lowest BCUT2D eigenvalue weighted by molar-refractivity contribution is 0.965. The largest absolute Gasteiger partial charge is 0.354 e. The summed E-state index contributed by atoms with van der Waals surface area (Å²) < 4.78 is 1.90. The molecule has 1 N–H and O–H groups in total. The zero-order chi connectivity index (χ0) is 21.2. The number of aromatic nitrogens is 4. The van der Waals surface area contributed by atoms with Crippen LogP contribution in [0.2, 0.25) is 0 Å². The standard InChI is InChI=1S/C20H19N5.2C2H6/c1-3-21-20-22-11-10-16(23-20)18-17-9-4-5-12-25(17)24-19(18)15-8-6-7-14(2)13-15;2*1-2/h4-13H,3H2,1-2H3,(H,21,22,23);2*1-2H3. The molecule has 4 aromatic rings. The minimum absolute atomic E-state index is 0.630. The van der Waals surface area contributed by atoms with Gasteiger partial charge in [0.05, 0.1) is 16.8 Å². The van der Waals surface area contributed by atoms with Gasteiger partial charge in [0, 0.05) is 24.5 Å². The van der Waals surface area contributed by atoms with Gasteiger partial charge in [0.1, 0.15) is 5.69 Å². The summed E-state index contributed by atoms with van der Waals surface area (Å²) in [5.41, 5.74) is 6.13. The Bertz CT molecular complexity index is 1040. The van der Waals surface area contributed by atoms with Crippen molar-refractivity contribution in [2.75, 3.05) is 11.9 Å². The highest BCUT2D eigenvalue weighted by Gasteiger charge is 2.17. The Morgan fingerprint density at radius 1 is 0.966 bits per heavy atom. The van der Waals surface area contributed by atoms with E-state index in [0.29, 0.717) is 5.95 Å². The monoisotopic (exact) mass is 389 g/mol. The van der Waals surface area contributed by atoms with Crippen LogP contribution in [0.4, 0.5) is 5.95 Å². The number of hydrogen-bond donors (Lipinski definition) is 1. The normalized spacial score (nSPS) is 9.86. The third kappa shape index (κ3) is 4.99. The highest BCUT2D eigenvalue weighted by molar-refractivity contribution is 5.91. The fourth-order valence-electron chi connectivity index (χ4n) is 2.99. The molecule has 0 aliphatic carbocycles. The predicted octanol–water partition coefficient (Wildman–Crippen LogP) is 6.25. The van der Waals surface area contributed by atoms with E-state index < -0.39 is 0 Å². The van der Waals surface area contributed by atoms with Crippen molar-refractivity contribution < 1.29 is 0 Å². The summed E-state index contributed by atoms with van der Waals surface area (Å²) in [5, 5.41) is 7.99. The smallest absolute Gasteiger partial charge is 0.223 e. The van der Waals surface area contributed by atoms with Crippen LogP contribution in [0.1, 0.15) is 40.2 Å². The molecule has 0 radical (unpaired) electrons. The topological polar surface area (TPSA) is 55.1 Å². The Morgan fingerprint density at radius 3 is 2.48 bits per heavy atom. The fraction of sp³-hybridized carbons (Fsp3) is 0.292. The maximum atomic E-state index is 4.81. The van der Waals surface area contributed by atoms with Gasteiger partial charge in [-0.15, -0.1) is 0 Å². The number of aryl methyl sites for hydroxylation is 1. The van der Waals surface area contributed by atoms with E-state index in [1.165, 1.54) is 5.56 Å². The lowest BCUT2D eigenvalue weighted by atomic mass is 10.0. The highest BCUT2D eigenvalue weighted by atomic mass is 15.2. The van der Waals surface area contributed by atoms with Crippen molar-refractivity contribution in [2.24, 2.45) is 0 Å². The Kier molecular flexibility index (Phi) is 8.34. The van der Waals surface area contributed by atoms with E-state index in [2.05, 4.69) is 52.5 Å². The van der Waals surface area contributed by atoms with Gasteiger partial charge in [-0.05, 0) is 38.1 Å². The van der Waals surface area contributed by atoms with Crippen molar-refractivity contribution in [1.29, 1.82) is 0 Å². The van der Waals surface area contributed by atoms with Crippen LogP contribution < -0.4 is 5.32 Å². The molecule has 5 heteroatoms. The number of pyridine rings is 1. The number of anilines is 1. The van der Waals surface area contributed by atoms with Crippen LogP contribution in [0, 0.1) is 6.92 Å². The molecule has 3 heterocycles. The lowest BCUT2D eigenvalue weighted by Crippen LogP contribution is -2.02. The van der Waals surface area contributed by atoms with Crippen molar-refractivity contribution >= 4 is 11.5 Å². The van der Waals surface area contributed by atoms with Crippen molar-refractivity contribution in [3.63, 3.8) is 0 Å². The second-order valence-electron chi connectivity index (χ2n) is 5.92. The molecule has 0 atom stereocenters. The van der Waals surface area contributed by atoms with Gasteiger partial charge >= 0.3 is 0 Å². The molecule has 0 saturated heterocycles. The molecule has 0 aliphatic heterocycles. The molecule has 4 rings (SSSR count). The minimum atomic E-state index is 0.630. The van der Waals surface area contributed by atoms with Crippen molar-refractivity contribution in [2.45, 2.75) is 41.5 Å². The van der Waals surface area contributed by atoms with Crippen LogP contribution in [0.25, 0.3) is 28.0 Å². The average Bonchev–Trinajstić information content (AvgIpc) is 3.17. The van der Waals surface area contributed by atoms with E-state index in [9.17, 15) is 0 Å². The number of nitrogens with one attached hydrogen (secondary N) is 1. The Morgan fingerprint density at radius 2 is 1.76 bits per heavy atom. The Hall–Kier alpha value is -3.21. The molecule has 0 aliphatic rings. The summed E-state index contributed by atoms with van der Waals surface area (Å²) in [6.45, 7) is 12.9. The minimum Gasteiger partial charge on any atom is -0.354 e. The maximum absolute atomic E-state index is 4.81. The number of nitrogens with zero attached hydrogens (tertiary/aromatic N) is 4. The average molecular weight is 390 g/mol. The summed E-state index contributed by atoms with van der Waals surface area (Å²) in [6, 6.07) is 16.4. The summed E-state index contributed by atoms with van der Waals surface area (Å²) in [7, 11) is 0. The molecule has 0 saturated carbocycles. The zero-order valence-corrected chi connectivity index (χ0v) is 18.3. The molecule has 0 unspecified atom stereocenters. The molecular formula is C24H31N5. The number of benzene rings is 1. The molecule has 0 fully saturated rings. The van der Waals surface area contributed by atoms with E-state index >= 15 is 0 Å². The summed E-state index contributed by atoms with van der Waals surface area (Å²) >= 11 is 0. The Labute approximate surface area is 173 Å². The third-order valence-electron chi connectivity index (χ3n) is 4.08. The second-order valence-corrected chi connectivity index (χ2v) is 5.92. The first-order valence-electron chi connectivity index (χ1n) is 10.4. The predicted molar refractivity (Wildman–Crippen MR) is 123 cm³/mol. The SMILES string of the molecule is CC.CC.CCNc1nccc(-c2c(-c3cccc(C)c3)nn3ccccc23)n1. The summed E-state index contributed by atoms with van der Waals surface area (Å²) in [5.74, 6) is 0.630. The quantitative estimate of drug-likeness (QED) is 0.448. The molecule has 29 heavy (non-hydrogen) atoms. The van der Waals surface area contributed by atoms with E-state index in [1.807, 2.05) is 63.5 Å². The van der Waals surface area contributed by atoms with E-state index in [-0.39, 0.29) is 0 Å². The fourth-order valence-corrected chi connectivity index (χ4v) is 2.99.